The molecule has 0 fully saturated rings. The van der Waals surface area contributed by atoms with E-state index in [2.05, 4.69) is 5.32 Å². The summed E-state index contributed by atoms with van der Waals surface area (Å²) in [4.78, 5) is 35.6. The zero-order valence-corrected chi connectivity index (χ0v) is 15.3. The van der Waals surface area contributed by atoms with E-state index in [0.717, 1.165) is 5.56 Å². The largest absolute Gasteiger partial charge is 0.496 e. The van der Waals surface area contributed by atoms with E-state index in [-0.39, 0.29) is 28.0 Å². The van der Waals surface area contributed by atoms with Crippen LogP contribution >= 0.6 is 11.6 Å². The summed E-state index contributed by atoms with van der Waals surface area (Å²) < 4.78 is 10.2. The average Bonchev–Trinajstić information content (AvgIpc) is 2.61. The van der Waals surface area contributed by atoms with Crippen LogP contribution in [0.25, 0.3) is 0 Å². The summed E-state index contributed by atoms with van der Waals surface area (Å²) in [5.41, 5.74) is 1.85. The van der Waals surface area contributed by atoms with E-state index in [1.165, 1.54) is 26.2 Å². The molecule has 0 aliphatic rings. The zero-order valence-electron chi connectivity index (χ0n) is 14.6. The predicted octanol–water partition coefficient (Wildman–Crippen LogP) is 3.66. The van der Waals surface area contributed by atoms with Gasteiger partial charge in [0.2, 0.25) is 5.91 Å². The molecule has 0 aliphatic heterocycles. The number of anilines is 1. The van der Waals surface area contributed by atoms with Crippen LogP contribution in [-0.2, 0) is 9.53 Å². The number of Topliss-reactive ketones (excluding diaryl/α,β-unsaturated/α-hetero) is 1. The van der Waals surface area contributed by atoms with Crippen LogP contribution < -0.4 is 10.1 Å². The van der Waals surface area contributed by atoms with Crippen LogP contribution in [0.1, 0.15) is 33.2 Å². The minimum Gasteiger partial charge on any atom is -0.496 e. The van der Waals surface area contributed by atoms with Crippen molar-refractivity contribution in [3.63, 3.8) is 0 Å². The van der Waals surface area contributed by atoms with Crippen molar-refractivity contribution in [1.29, 1.82) is 0 Å². The van der Waals surface area contributed by atoms with Crippen molar-refractivity contribution in [1.82, 2.24) is 0 Å². The van der Waals surface area contributed by atoms with Crippen molar-refractivity contribution in [2.75, 3.05) is 19.0 Å². The maximum Gasteiger partial charge on any atom is 0.342 e. The first-order chi connectivity index (χ1) is 12.3. The van der Waals surface area contributed by atoms with Gasteiger partial charge in [0, 0.05) is 18.6 Å². The molecule has 0 heterocycles. The van der Waals surface area contributed by atoms with Crippen LogP contribution in [-0.4, -0.2) is 31.4 Å². The molecule has 6 nitrogen and oxygen atoms in total. The lowest BCUT2D eigenvalue weighted by molar-refractivity contribution is -0.114. The highest BCUT2D eigenvalue weighted by atomic mass is 35.5. The molecule has 0 saturated carbocycles. The number of ketones is 1. The second-order valence-electron chi connectivity index (χ2n) is 5.58. The van der Waals surface area contributed by atoms with Crippen LogP contribution in [0.3, 0.4) is 0 Å². The third-order valence-electron chi connectivity index (χ3n) is 3.53. The Labute approximate surface area is 156 Å². The maximum atomic E-state index is 12.3. The van der Waals surface area contributed by atoms with Gasteiger partial charge in [-0.05, 0) is 13.0 Å². The predicted molar refractivity (Wildman–Crippen MR) is 98.1 cm³/mol. The number of amides is 1. The molecule has 0 saturated heterocycles. The lowest BCUT2D eigenvalue weighted by Gasteiger charge is -2.12. The van der Waals surface area contributed by atoms with Gasteiger partial charge >= 0.3 is 5.97 Å². The molecule has 136 valence electrons. The number of aryl methyl sites for hydroxylation is 1. The van der Waals surface area contributed by atoms with Gasteiger partial charge in [0.05, 0.1) is 17.8 Å². The number of methoxy groups -OCH3 is 1. The molecule has 2 rings (SSSR count). The van der Waals surface area contributed by atoms with Crippen LogP contribution in [0.2, 0.25) is 5.02 Å². The van der Waals surface area contributed by atoms with Crippen molar-refractivity contribution in [3.8, 4) is 5.75 Å². The third-order valence-corrected chi connectivity index (χ3v) is 3.84. The average molecular weight is 376 g/mol. The van der Waals surface area contributed by atoms with Gasteiger partial charge < -0.3 is 14.8 Å². The van der Waals surface area contributed by atoms with Gasteiger partial charge in [-0.15, -0.1) is 0 Å². The van der Waals surface area contributed by atoms with Crippen LogP contribution in [0.4, 0.5) is 5.69 Å². The molecule has 0 bridgehead atoms. The van der Waals surface area contributed by atoms with Crippen molar-refractivity contribution in [2.24, 2.45) is 0 Å². The van der Waals surface area contributed by atoms with Crippen LogP contribution in [0.15, 0.2) is 36.4 Å². The first-order valence-corrected chi connectivity index (χ1v) is 8.11. The fourth-order valence-electron chi connectivity index (χ4n) is 2.20. The van der Waals surface area contributed by atoms with E-state index in [9.17, 15) is 14.4 Å². The summed E-state index contributed by atoms with van der Waals surface area (Å²) in [7, 11) is 1.37. The Bertz CT molecular complexity index is 846. The van der Waals surface area contributed by atoms with Crippen molar-refractivity contribution >= 4 is 34.9 Å². The number of halogens is 1. The molecule has 2 aromatic rings. The van der Waals surface area contributed by atoms with Crippen LogP contribution in [0.5, 0.6) is 5.75 Å². The molecule has 0 aromatic heterocycles. The fourth-order valence-corrected chi connectivity index (χ4v) is 2.41. The third kappa shape index (κ3) is 4.83. The quantitative estimate of drug-likeness (QED) is 0.615. The molecule has 0 aliphatic carbocycles. The second kappa shape index (κ2) is 8.49. The van der Waals surface area contributed by atoms with E-state index in [1.54, 1.807) is 24.3 Å². The molecular weight excluding hydrogens is 358 g/mol. The number of esters is 1. The molecule has 2 aromatic carbocycles. The van der Waals surface area contributed by atoms with E-state index >= 15 is 0 Å². The first-order valence-electron chi connectivity index (χ1n) is 7.74. The Kier molecular flexibility index (Phi) is 6.36. The molecule has 26 heavy (non-hydrogen) atoms. The van der Waals surface area contributed by atoms with Gasteiger partial charge in [0.15, 0.2) is 12.4 Å². The minimum absolute atomic E-state index is 0.0586. The molecule has 0 radical (unpaired) electrons. The summed E-state index contributed by atoms with van der Waals surface area (Å²) in [6, 6.07) is 9.69. The number of hydrogen-bond acceptors (Lipinski definition) is 5. The fraction of sp³-hybridized carbons (Fsp3) is 0.211. The highest BCUT2D eigenvalue weighted by Gasteiger charge is 2.19. The Morgan fingerprint density at radius 3 is 2.35 bits per heavy atom. The minimum atomic E-state index is -0.751. The van der Waals surface area contributed by atoms with Gasteiger partial charge in [0.25, 0.3) is 0 Å². The molecule has 0 atom stereocenters. The lowest BCUT2D eigenvalue weighted by atomic mass is 10.1. The first kappa shape index (κ1) is 19.5. The van der Waals surface area contributed by atoms with Gasteiger partial charge in [-0.25, -0.2) is 4.79 Å². The number of rotatable bonds is 6. The lowest BCUT2D eigenvalue weighted by Crippen LogP contribution is -2.15. The number of carbonyl (C=O) groups is 3. The van der Waals surface area contributed by atoms with E-state index in [1.807, 2.05) is 6.92 Å². The van der Waals surface area contributed by atoms with E-state index < -0.39 is 12.6 Å². The number of hydrogen-bond donors (Lipinski definition) is 1. The van der Waals surface area contributed by atoms with Gasteiger partial charge in [0.1, 0.15) is 11.3 Å². The number of nitrogens with one attached hydrogen (secondary N) is 1. The highest BCUT2D eigenvalue weighted by Crippen LogP contribution is 2.31. The summed E-state index contributed by atoms with van der Waals surface area (Å²) in [6.07, 6.45) is 0. The Balaban J connectivity index is 2.13. The molecule has 7 heteroatoms. The summed E-state index contributed by atoms with van der Waals surface area (Å²) in [6.45, 7) is 2.84. The molecule has 0 unspecified atom stereocenters. The van der Waals surface area contributed by atoms with Crippen LogP contribution in [0, 0.1) is 6.92 Å². The SMILES string of the molecule is COc1cc(NC(C)=O)c(Cl)cc1C(=O)OCC(=O)c1ccc(C)cc1. The normalized spacial score (nSPS) is 10.2. The summed E-state index contributed by atoms with van der Waals surface area (Å²) in [5, 5.41) is 2.68. The van der Waals surface area contributed by atoms with Crippen molar-refractivity contribution in [2.45, 2.75) is 13.8 Å². The highest BCUT2D eigenvalue weighted by molar-refractivity contribution is 6.34. The zero-order chi connectivity index (χ0) is 19.3. The monoisotopic (exact) mass is 375 g/mol. The Morgan fingerprint density at radius 2 is 1.77 bits per heavy atom. The van der Waals surface area contributed by atoms with Crippen molar-refractivity contribution in [3.05, 3.63) is 58.1 Å². The standard InChI is InChI=1S/C19H18ClNO5/c1-11-4-6-13(7-5-11)17(23)10-26-19(24)14-8-15(20)16(21-12(2)22)9-18(14)25-3/h4-9H,10H2,1-3H3,(H,21,22). The maximum absolute atomic E-state index is 12.3. The smallest absolute Gasteiger partial charge is 0.342 e. The second-order valence-corrected chi connectivity index (χ2v) is 5.99. The van der Waals surface area contributed by atoms with Gasteiger partial charge in [-0.3, -0.25) is 9.59 Å². The van der Waals surface area contributed by atoms with E-state index in [0.29, 0.717) is 11.3 Å². The molecule has 1 amide bonds. The Hall–Kier alpha value is -2.86. The van der Waals surface area contributed by atoms with Gasteiger partial charge in [-0.2, -0.15) is 0 Å². The van der Waals surface area contributed by atoms with Gasteiger partial charge in [-0.1, -0.05) is 41.4 Å². The Morgan fingerprint density at radius 1 is 1.12 bits per heavy atom. The summed E-state index contributed by atoms with van der Waals surface area (Å²) in [5.74, 6) is -1.21. The molecular formula is C19H18ClNO5. The summed E-state index contributed by atoms with van der Waals surface area (Å²) >= 11 is 6.07. The topological polar surface area (TPSA) is 81.7 Å². The number of carbonyl (C=O) groups excluding carboxylic acids is 3. The number of ether oxygens (including phenoxy) is 2. The molecule has 1 N–H and O–H groups in total. The van der Waals surface area contributed by atoms with E-state index in [4.69, 9.17) is 21.1 Å². The van der Waals surface area contributed by atoms with Crippen molar-refractivity contribution < 1.29 is 23.9 Å². The molecule has 0 spiro atoms. The number of benzene rings is 2.